The molecule has 0 amide bonds. The predicted octanol–water partition coefficient (Wildman–Crippen LogP) is 11.7. The van der Waals surface area contributed by atoms with Gasteiger partial charge < -0.3 is 9.13 Å². The van der Waals surface area contributed by atoms with Crippen LogP contribution in [0.3, 0.4) is 0 Å². The fraction of sp³-hybridized carbons (Fsp3) is 0. The summed E-state index contributed by atoms with van der Waals surface area (Å²) >= 11 is 0. The first kappa shape index (κ1) is 25.7. The maximum atomic E-state index is 4.81. The molecule has 0 radical (unpaired) electrons. The van der Waals surface area contributed by atoms with E-state index in [9.17, 15) is 0 Å². The maximum absolute atomic E-state index is 4.81. The fourth-order valence-electron chi connectivity index (χ4n) is 8.21. The third-order valence-electron chi connectivity index (χ3n) is 10.3. The van der Waals surface area contributed by atoms with Gasteiger partial charge in [0.1, 0.15) is 0 Å². The molecule has 0 saturated carbocycles. The van der Waals surface area contributed by atoms with Gasteiger partial charge in [-0.1, -0.05) is 97.1 Å². The van der Waals surface area contributed by atoms with Gasteiger partial charge in [0.25, 0.3) is 0 Å². The Morgan fingerprint density at radius 2 is 1.00 bits per heavy atom. The molecular formula is C45H27N3. The smallest absolute Gasteiger partial charge is 0.0792 e. The number of rotatable bonds is 3. The van der Waals surface area contributed by atoms with Gasteiger partial charge in [-0.25, -0.2) is 0 Å². The van der Waals surface area contributed by atoms with Crippen LogP contribution < -0.4 is 0 Å². The molecule has 0 aliphatic heterocycles. The summed E-state index contributed by atoms with van der Waals surface area (Å²) in [6, 6.07) is 57.6. The molecule has 3 aromatic heterocycles. The van der Waals surface area contributed by atoms with Crippen molar-refractivity contribution in [3.05, 3.63) is 164 Å². The van der Waals surface area contributed by atoms with Crippen LogP contribution in [0, 0.1) is 0 Å². The average Bonchev–Trinajstić information content (AvgIpc) is 3.78. The van der Waals surface area contributed by atoms with Gasteiger partial charge >= 0.3 is 0 Å². The zero-order valence-corrected chi connectivity index (χ0v) is 25.9. The van der Waals surface area contributed by atoms with Gasteiger partial charge in [-0.2, -0.15) is 0 Å². The van der Waals surface area contributed by atoms with Crippen molar-refractivity contribution in [2.45, 2.75) is 0 Å². The largest absolute Gasteiger partial charge is 0.309 e. The van der Waals surface area contributed by atoms with Crippen molar-refractivity contribution in [1.82, 2.24) is 14.1 Å². The number of hydrogen-bond acceptors (Lipinski definition) is 1. The molecule has 0 spiro atoms. The minimum atomic E-state index is 1.08. The Morgan fingerprint density at radius 1 is 0.375 bits per heavy atom. The Bertz CT molecular complexity index is 2940. The Kier molecular flexibility index (Phi) is 5.11. The van der Waals surface area contributed by atoms with Crippen LogP contribution in [0.5, 0.6) is 0 Å². The van der Waals surface area contributed by atoms with Crippen LogP contribution in [0.25, 0.3) is 99.3 Å². The number of aromatic nitrogens is 3. The summed E-state index contributed by atoms with van der Waals surface area (Å²) in [7, 11) is 0. The molecule has 3 heteroatoms. The summed E-state index contributed by atoms with van der Waals surface area (Å²) in [6.07, 6.45) is 1.95. The van der Waals surface area contributed by atoms with Gasteiger partial charge in [-0.15, -0.1) is 0 Å². The molecule has 10 aromatic rings. The number of fused-ring (bicyclic) bond motifs is 9. The Labute approximate surface area is 276 Å². The third-order valence-corrected chi connectivity index (χ3v) is 10.3. The van der Waals surface area contributed by atoms with Crippen molar-refractivity contribution < 1.29 is 0 Å². The van der Waals surface area contributed by atoms with E-state index < -0.39 is 0 Å². The molecule has 11 rings (SSSR count). The molecule has 7 aromatic carbocycles. The van der Waals surface area contributed by atoms with E-state index >= 15 is 0 Å². The lowest BCUT2D eigenvalue weighted by molar-refractivity contribution is 1.18. The summed E-state index contributed by atoms with van der Waals surface area (Å²) in [6.45, 7) is 0. The second kappa shape index (κ2) is 9.54. The molecule has 48 heavy (non-hydrogen) atoms. The van der Waals surface area contributed by atoms with Crippen molar-refractivity contribution in [3.8, 4) is 44.9 Å². The molecular weight excluding hydrogens is 583 g/mol. The van der Waals surface area contributed by atoms with Crippen LogP contribution in [-0.2, 0) is 0 Å². The molecule has 1 aliphatic carbocycles. The van der Waals surface area contributed by atoms with Crippen LogP contribution in [0.4, 0.5) is 0 Å². The second-order valence-corrected chi connectivity index (χ2v) is 12.8. The van der Waals surface area contributed by atoms with Gasteiger partial charge in [0.2, 0.25) is 0 Å². The quantitative estimate of drug-likeness (QED) is 0.195. The summed E-state index contributed by atoms with van der Waals surface area (Å²) in [5.41, 5.74) is 14.4. The number of benzene rings is 7. The van der Waals surface area contributed by atoms with Crippen LogP contribution in [0.1, 0.15) is 0 Å². The molecule has 0 saturated heterocycles. The standard InChI is InChI=1S/C45H27N3/c1-2-10-31(11-3-1)47-41-17-9-7-14-35(41)38-25-28(19-21-42(38)47)29-18-20-36-34-13-6-8-16-40(34)48(43(36)26-29)32-24-30-22-23-46-45-37-15-5-4-12-33(37)39(27-32)44(30)45/h1-27H. The number of para-hydroxylation sites is 3. The van der Waals surface area contributed by atoms with Crippen LogP contribution in [-0.4, -0.2) is 14.1 Å². The highest BCUT2D eigenvalue weighted by atomic mass is 15.0. The molecule has 0 fully saturated rings. The molecule has 222 valence electrons. The van der Waals surface area contributed by atoms with Gasteiger partial charge in [0.05, 0.1) is 27.8 Å². The Morgan fingerprint density at radius 3 is 1.83 bits per heavy atom. The first-order chi connectivity index (χ1) is 23.8. The monoisotopic (exact) mass is 609 g/mol. The van der Waals surface area contributed by atoms with E-state index in [0.29, 0.717) is 0 Å². The van der Waals surface area contributed by atoms with Crippen molar-refractivity contribution in [3.63, 3.8) is 0 Å². The minimum absolute atomic E-state index is 1.08. The lowest BCUT2D eigenvalue weighted by Gasteiger charge is -2.12. The maximum Gasteiger partial charge on any atom is 0.0792 e. The van der Waals surface area contributed by atoms with E-state index in [-0.39, 0.29) is 0 Å². The normalized spacial score (nSPS) is 12.2. The van der Waals surface area contributed by atoms with E-state index in [1.165, 1.54) is 87.9 Å². The fourth-order valence-corrected chi connectivity index (χ4v) is 8.21. The van der Waals surface area contributed by atoms with Gasteiger partial charge in [0.15, 0.2) is 0 Å². The van der Waals surface area contributed by atoms with Gasteiger partial charge in [-0.05, 0) is 88.3 Å². The predicted molar refractivity (Wildman–Crippen MR) is 200 cm³/mol. The van der Waals surface area contributed by atoms with E-state index in [1.807, 2.05) is 6.20 Å². The first-order valence-corrected chi connectivity index (χ1v) is 16.5. The van der Waals surface area contributed by atoms with Gasteiger partial charge in [-0.3, -0.25) is 4.98 Å². The third kappa shape index (κ3) is 3.45. The Balaban J connectivity index is 1.15. The van der Waals surface area contributed by atoms with Crippen molar-refractivity contribution in [2.24, 2.45) is 0 Å². The van der Waals surface area contributed by atoms with E-state index in [0.717, 1.165) is 11.4 Å². The molecule has 0 N–H and O–H groups in total. The zero-order chi connectivity index (χ0) is 31.3. The van der Waals surface area contributed by atoms with Crippen LogP contribution in [0.15, 0.2) is 164 Å². The highest BCUT2D eigenvalue weighted by molar-refractivity contribution is 6.16. The van der Waals surface area contributed by atoms with E-state index in [2.05, 4.69) is 167 Å². The molecule has 0 bridgehead atoms. The van der Waals surface area contributed by atoms with E-state index in [1.54, 1.807) is 0 Å². The zero-order valence-electron chi connectivity index (χ0n) is 25.9. The second-order valence-electron chi connectivity index (χ2n) is 12.8. The lowest BCUT2D eigenvalue weighted by atomic mass is 10.0. The SMILES string of the molecule is c1ccc(-n2c3ccccc3c3cc(-c4ccc5c6ccccc6n(-c6cc7c8c(nccc8c6)-c6ccccc6-7)c5c4)ccc32)cc1. The van der Waals surface area contributed by atoms with Crippen molar-refractivity contribution in [2.75, 3.05) is 0 Å². The summed E-state index contributed by atoms with van der Waals surface area (Å²) in [4.78, 5) is 4.81. The number of pyridine rings is 1. The molecule has 3 nitrogen and oxygen atoms in total. The topological polar surface area (TPSA) is 22.8 Å². The highest BCUT2D eigenvalue weighted by Gasteiger charge is 2.24. The molecule has 3 heterocycles. The lowest BCUT2D eigenvalue weighted by Crippen LogP contribution is -1.95. The average molecular weight is 610 g/mol. The van der Waals surface area contributed by atoms with Crippen LogP contribution >= 0.6 is 0 Å². The van der Waals surface area contributed by atoms with Crippen molar-refractivity contribution in [1.29, 1.82) is 0 Å². The minimum Gasteiger partial charge on any atom is -0.309 e. The molecule has 0 unspecified atom stereocenters. The Hall–Kier alpha value is -6.45. The molecule has 1 aliphatic rings. The first-order valence-electron chi connectivity index (χ1n) is 16.5. The van der Waals surface area contributed by atoms with Crippen molar-refractivity contribution >= 4 is 54.4 Å². The molecule has 0 atom stereocenters. The summed E-state index contributed by atoms with van der Waals surface area (Å²) in [5.74, 6) is 0. The van der Waals surface area contributed by atoms with Crippen LogP contribution in [0.2, 0.25) is 0 Å². The number of nitrogens with zero attached hydrogens (tertiary/aromatic N) is 3. The highest BCUT2D eigenvalue weighted by Crippen LogP contribution is 2.47. The summed E-state index contributed by atoms with van der Waals surface area (Å²) < 4.78 is 4.82. The number of hydrogen-bond donors (Lipinski definition) is 0. The van der Waals surface area contributed by atoms with E-state index in [4.69, 9.17) is 4.98 Å². The van der Waals surface area contributed by atoms with Gasteiger partial charge in [0, 0.05) is 50.1 Å². The summed E-state index contributed by atoms with van der Waals surface area (Å²) in [5, 5.41) is 7.49.